The van der Waals surface area contributed by atoms with E-state index in [0.717, 1.165) is 12.1 Å². The number of likely N-dealkylation sites (tertiary alicyclic amines) is 1. The molecular weight excluding hydrogens is 162 g/mol. The Balaban J connectivity index is 2.13. The van der Waals surface area contributed by atoms with Crippen LogP contribution < -0.4 is 0 Å². The van der Waals surface area contributed by atoms with E-state index >= 15 is 0 Å². The van der Waals surface area contributed by atoms with E-state index in [1.54, 1.807) is 6.07 Å². The van der Waals surface area contributed by atoms with Crippen molar-refractivity contribution in [1.29, 1.82) is 0 Å². The summed E-state index contributed by atoms with van der Waals surface area (Å²) in [5.74, 6) is 0.428. The molecule has 0 saturated carbocycles. The minimum atomic E-state index is 0.428. The van der Waals surface area contributed by atoms with Gasteiger partial charge < -0.3 is 5.11 Å². The van der Waals surface area contributed by atoms with Crippen LogP contribution in [-0.2, 0) is 6.54 Å². The van der Waals surface area contributed by atoms with Crippen molar-refractivity contribution in [3.05, 3.63) is 29.3 Å². The molecule has 0 aliphatic carbocycles. The van der Waals surface area contributed by atoms with Gasteiger partial charge in [0.15, 0.2) is 0 Å². The first-order valence-electron chi connectivity index (χ1n) is 4.76. The van der Waals surface area contributed by atoms with Gasteiger partial charge in [-0.05, 0) is 32.5 Å². The second kappa shape index (κ2) is 3.38. The van der Waals surface area contributed by atoms with Gasteiger partial charge in [0, 0.05) is 12.1 Å². The number of phenolic OH excluding ortho intramolecular Hbond substituents is 1. The van der Waals surface area contributed by atoms with Gasteiger partial charge in [-0.3, -0.25) is 4.90 Å². The van der Waals surface area contributed by atoms with Crippen molar-refractivity contribution < 1.29 is 5.11 Å². The number of benzene rings is 1. The van der Waals surface area contributed by atoms with Crippen molar-refractivity contribution in [1.82, 2.24) is 4.90 Å². The molecule has 13 heavy (non-hydrogen) atoms. The van der Waals surface area contributed by atoms with E-state index in [9.17, 15) is 5.11 Å². The number of hydrogen-bond acceptors (Lipinski definition) is 2. The molecule has 2 heteroatoms. The molecule has 1 aromatic carbocycles. The normalized spacial score (nSPS) is 17.0. The van der Waals surface area contributed by atoms with Crippen LogP contribution in [0.3, 0.4) is 0 Å². The van der Waals surface area contributed by atoms with Gasteiger partial charge in [-0.25, -0.2) is 0 Å². The Kier molecular flexibility index (Phi) is 2.23. The molecule has 1 aromatic rings. The third-order valence-corrected chi connectivity index (χ3v) is 2.58. The Hall–Kier alpha value is -1.02. The largest absolute Gasteiger partial charge is 0.508 e. The monoisotopic (exact) mass is 177 g/mol. The Morgan fingerprint density at radius 3 is 2.77 bits per heavy atom. The van der Waals surface area contributed by atoms with E-state index in [1.807, 2.05) is 6.07 Å². The van der Waals surface area contributed by atoms with Crippen molar-refractivity contribution in [2.45, 2.75) is 19.9 Å². The van der Waals surface area contributed by atoms with E-state index in [1.165, 1.54) is 25.1 Å². The molecule has 0 bridgehead atoms. The smallest absolute Gasteiger partial charge is 0.120 e. The standard InChI is InChI=1S/C11H15NO/c1-9-3-4-11(13)10(7-9)8-12-5-2-6-12/h3-4,7,13H,2,5-6,8H2,1H3. The predicted molar refractivity (Wildman–Crippen MR) is 52.7 cm³/mol. The Morgan fingerprint density at radius 2 is 2.15 bits per heavy atom. The molecule has 2 rings (SSSR count). The average molecular weight is 177 g/mol. The summed E-state index contributed by atoms with van der Waals surface area (Å²) in [5, 5.41) is 9.58. The molecule has 1 aliphatic heterocycles. The number of hydrogen-bond donors (Lipinski definition) is 1. The molecule has 1 N–H and O–H groups in total. The minimum Gasteiger partial charge on any atom is -0.508 e. The zero-order chi connectivity index (χ0) is 9.26. The van der Waals surface area contributed by atoms with Crippen molar-refractivity contribution >= 4 is 0 Å². The summed E-state index contributed by atoms with van der Waals surface area (Å²) in [7, 11) is 0. The lowest BCUT2D eigenvalue weighted by atomic mass is 10.1. The zero-order valence-corrected chi connectivity index (χ0v) is 7.95. The Bertz CT molecular complexity index is 305. The molecule has 0 atom stereocenters. The van der Waals surface area contributed by atoms with Gasteiger partial charge in [0.1, 0.15) is 5.75 Å². The maximum atomic E-state index is 9.58. The summed E-state index contributed by atoms with van der Waals surface area (Å²) in [6, 6.07) is 5.78. The van der Waals surface area contributed by atoms with E-state index in [0.29, 0.717) is 5.75 Å². The quantitative estimate of drug-likeness (QED) is 0.746. The lowest BCUT2D eigenvalue weighted by Crippen LogP contribution is -2.36. The number of aromatic hydroxyl groups is 1. The van der Waals surface area contributed by atoms with Crippen molar-refractivity contribution in [3.8, 4) is 5.75 Å². The first-order chi connectivity index (χ1) is 6.25. The molecule has 1 saturated heterocycles. The van der Waals surface area contributed by atoms with E-state index in [2.05, 4.69) is 17.9 Å². The molecule has 0 unspecified atom stereocenters. The highest BCUT2D eigenvalue weighted by molar-refractivity contribution is 5.35. The molecule has 70 valence electrons. The highest BCUT2D eigenvalue weighted by Gasteiger charge is 2.15. The number of phenols is 1. The molecule has 0 radical (unpaired) electrons. The fourth-order valence-electron chi connectivity index (χ4n) is 1.62. The molecular formula is C11H15NO. The zero-order valence-electron chi connectivity index (χ0n) is 7.95. The molecule has 2 nitrogen and oxygen atoms in total. The second-order valence-electron chi connectivity index (χ2n) is 3.76. The molecule has 1 aliphatic rings. The molecule has 1 heterocycles. The first kappa shape index (κ1) is 8.57. The maximum absolute atomic E-state index is 9.58. The third kappa shape index (κ3) is 1.83. The first-order valence-corrected chi connectivity index (χ1v) is 4.76. The third-order valence-electron chi connectivity index (χ3n) is 2.58. The lowest BCUT2D eigenvalue weighted by molar-refractivity contribution is 0.171. The van der Waals surface area contributed by atoms with Gasteiger partial charge in [-0.2, -0.15) is 0 Å². The summed E-state index contributed by atoms with van der Waals surface area (Å²) in [4.78, 5) is 2.34. The van der Waals surface area contributed by atoms with E-state index in [4.69, 9.17) is 0 Å². The van der Waals surface area contributed by atoms with Crippen molar-refractivity contribution in [3.63, 3.8) is 0 Å². The van der Waals surface area contributed by atoms with Crippen molar-refractivity contribution in [2.75, 3.05) is 13.1 Å². The van der Waals surface area contributed by atoms with Crippen LogP contribution in [0.2, 0.25) is 0 Å². The van der Waals surface area contributed by atoms with Crippen LogP contribution in [-0.4, -0.2) is 23.1 Å². The predicted octanol–water partition coefficient (Wildman–Crippen LogP) is 1.91. The van der Waals surface area contributed by atoms with Crippen LogP contribution in [0.5, 0.6) is 5.75 Å². The number of rotatable bonds is 2. The second-order valence-corrected chi connectivity index (χ2v) is 3.76. The van der Waals surface area contributed by atoms with Crippen LogP contribution in [0.15, 0.2) is 18.2 Å². The van der Waals surface area contributed by atoms with Crippen LogP contribution in [0.4, 0.5) is 0 Å². The van der Waals surface area contributed by atoms with Gasteiger partial charge in [-0.1, -0.05) is 17.7 Å². The molecule has 0 spiro atoms. The molecule has 0 aromatic heterocycles. The Labute approximate surface area is 78.8 Å². The summed E-state index contributed by atoms with van der Waals surface area (Å²) in [6.07, 6.45) is 1.30. The average Bonchev–Trinajstić information content (AvgIpc) is 2.03. The molecule has 1 fully saturated rings. The number of nitrogens with zero attached hydrogens (tertiary/aromatic N) is 1. The highest BCUT2D eigenvalue weighted by atomic mass is 16.3. The highest BCUT2D eigenvalue weighted by Crippen LogP contribution is 2.21. The fourth-order valence-corrected chi connectivity index (χ4v) is 1.62. The SMILES string of the molecule is Cc1ccc(O)c(CN2CCC2)c1. The number of aryl methyl sites for hydroxylation is 1. The minimum absolute atomic E-state index is 0.428. The fraction of sp³-hybridized carbons (Fsp3) is 0.455. The lowest BCUT2D eigenvalue weighted by Gasteiger charge is -2.30. The van der Waals surface area contributed by atoms with Crippen LogP contribution >= 0.6 is 0 Å². The van der Waals surface area contributed by atoms with Gasteiger partial charge in [0.25, 0.3) is 0 Å². The van der Waals surface area contributed by atoms with Gasteiger partial charge in [0.05, 0.1) is 0 Å². The van der Waals surface area contributed by atoms with Gasteiger partial charge in [-0.15, -0.1) is 0 Å². The van der Waals surface area contributed by atoms with E-state index < -0.39 is 0 Å². The van der Waals surface area contributed by atoms with Crippen molar-refractivity contribution in [2.24, 2.45) is 0 Å². The summed E-state index contributed by atoms with van der Waals surface area (Å²) >= 11 is 0. The van der Waals surface area contributed by atoms with E-state index in [-0.39, 0.29) is 0 Å². The maximum Gasteiger partial charge on any atom is 0.120 e. The molecule has 0 amide bonds. The Morgan fingerprint density at radius 1 is 1.38 bits per heavy atom. The van der Waals surface area contributed by atoms with Crippen LogP contribution in [0.1, 0.15) is 17.5 Å². The summed E-state index contributed by atoms with van der Waals surface area (Å²) < 4.78 is 0. The van der Waals surface area contributed by atoms with Crippen LogP contribution in [0.25, 0.3) is 0 Å². The van der Waals surface area contributed by atoms with Crippen LogP contribution in [0, 0.1) is 6.92 Å². The topological polar surface area (TPSA) is 23.5 Å². The van der Waals surface area contributed by atoms with Gasteiger partial charge in [0.2, 0.25) is 0 Å². The van der Waals surface area contributed by atoms with Gasteiger partial charge >= 0.3 is 0 Å². The summed E-state index contributed by atoms with van der Waals surface area (Å²) in [6.45, 7) is 5.30. The summed E-state index contributed by atoms with van der Waals surface area (Å²) in [5.41, 5.74) is 2.27.